The van der Waals surface area contributed by atoms with Gasteiger partial charge < -0.3 is 5.32 Å². The van der Waals surface area contributed by atoms with E-state index < -0.39 is 11.6 Å². The monoisotopic (exact) mass is 357 g/mol. The van der Waals surface area contributed by atoms with Crippen molar-refractivity contribution in [2.24, 2.45) is 0 Å². The molecule has 2 aromatic carbocycles. The standard InChI is InChI=1S/C16H15BrF3N/c1-21-11(8-10-4-2-3-5-14(10)18)9-12-15(19)7-6-13(17)16(12)20/h2-7,11,21H,8-9H2,1H3. The van der Waals surface area contributed by atoms with Gasteiger partial charge in [-0.3, -0.25) is 0 Å². The van der Waals surface area contributed by atoms with Crippen LogP contribution in [0.1, 0.15) is 11.1 Å². The summed E-state index contributed by atoms with van der Waals surface area (Å²) in [6.45, 7) is 0. The van der Waals surface area contributed by atoms with Gasteiger partial charge in [0.05, 0.1) is 4.47 Å². The second kappa shape index (κ2) is 7.09. The van der Waals surface area contributed by atoms with E-state index in [4.69, 9.17) is 0 Å². The molecule has 1 unspecified atom stereocenters. The summed E-state index contributed by atoms with van der Waals surface area (Å²) in [4.78, 5) is 0. The summed E-state index contributed by atoms with van der Waals surface area (Å²) in [6.07, 6.45) is 0.497. The van der Waals surface area contributed by atoms with Crippen LogP contribution in [0.25, 0.3) is 0 Å². The molecule has 1 atom stereocenters. The van der Waals surface area contributed by atoms with Gasteiger partial charge in [0.2, 0.25) is 0 Å². The van der Waals surface area contributed by atoms with E-state index in [9.17, 15) is 13.2 Å². The van der Waals surface area contributed by atoms with Crippen LogP contribution in [-0.2, 0) is 12.8 Å². The van der Waals surface area contributed by atoms with E-state index >= 15 is 0 Å². The topological polar surface area (TPSA) is 12.0 Å². The van der Waals surface area contributed by atoms with Gasteiger partial charge in [-0.2, -0.15) is 0 Å². The lowest BCUT2D eigenvalue weighted by Gasteiger charge is -2.18. The van der Waals surface area contributed by atoms with Crippen LogP contribution in [0.2, 0.25) is 0 Å². The Kier molecular flexibility index (Phi) is 5.42. The molecule has 0 aromatic heterocycles. The average Bonchev–Trinajstić information content (AvgIpc) is 2.48. The molecular weight excluding hydrogens is 343 g/mol. The van der Waals surface area contributed by atoms with Gasteiger partial charge in [-0.25, -0.2) is 13.2 Å². The highest BCUT2D eigenvalue weighted by molar-refractivity contribution is 9.10. The highest BCUT2D eigenvalue weighted by Gasteiger charge is 2.18. The smallest absolute Gasteiger partial charge is 0.143 e. The molecule has 0 aliphatic rings. The Morgan fingerprint density at radius 2 is 1.71 bits per heavy atom. The second-order valence-corrected chi connectivity index (χ2v) is 5.66. The fraction of sp³-hybridized carbons (Fsp3) is 0.250. The molecule has 21 heavy (non-hydrogen) atoms. The quantitative estimate of drug-likeness (QED) is 0.789. The number of hydrogen-bond donors (Lipinski definition) is 1. The Labute approximate surface area is 130 Å². The molecule has 0 saturated carbocycles. The van der Waals surface area contributed by atoms with Crippen molar-refractivity contribution in [3.05, 3.63) is 69.4 Å². The van der Waals surface area contributed by atoms with Gasteiger partial charge in [-0.1, -0.05) is 18.2 Å². The van der Waals surface area contributed by atoms with E-state index in [1.807, 2.05) is 0 Å². The lowest BCUT2D eigenvalue weighted by Crippen LogP contribution is -2.31. The number of halogens is 4. The zero-order valence-electron chi connectivity index (χ0n) is 11.5. The first kappa shape index (κ1) is 16.0. The summed E-state index contributed by atoms with van der Waals surface area (Å²) in [5.41, 5.74) is 0.521. The van der Waals surface area contributed by atoms with Crippen LogP contribution in [0.4, 0.5) is 13.2 Å². The van der Waals surface area contributed by atoms with Crippen molar-refractivity contribution < 1.29 is 13.2 Å². The van der Waals surface area contributed by atoms with E-state index in [-0.39, 0.29) is 28.3 Å². The molecule has 0 heterocycles. The minimum absolute atomic E-state index is 0.0000595. The highest BCUT2D eigenvalue weighted by Crippen LogP contribution is 2.23. The second-order valence-electron chi connectivity index (χ2n) is 4.81. The van der Waals surface area contributed by atoms with Crippen molar-refractivity contribution >= 4 is 15.9 Å². The molecule has 1 nitrogen and oxygen atoms in total. The Hall–Kier alpha value is -1.33. The highest BCUT2D eigenvalue weighted by atomic mass is 79.9. The summed E-state index contributed by atoms with van der Waals surface area (Å²) >= 11 is 3.05. The van der Waals surface area contributed by atoms with Gasteiger partial charge in [0.1, 0.15) is 17.5 Å². The first-order chi connectivity index (χ1) is 10.0. The van der Waals surface area contributed by atoms with Gasteiger partial charge in [-0.05, 0) is 59.6 Å². The molecule has 112 valence electrons. The van der Waals surface area contributed by atoms with E-state index in [0.29, 0.717) is 12.0 Å². The van der Waals surface area contributed by atoms with E-state index in [1.54, 1.807) is 25.2 Å². The fourth-order valence-corrected chi connectivity index (χ4v) is 2.58. The number of likely N-dealkylation sites (N-methyl/N-ethyl adjacent to an activating group) is 1. The molecular formula is C16H15BrF3N. The van der Waals surface area contributed by atoms with Crippen LogP contribution < -0.4 is 5.32 Å². The molecule has 0 saturated heterocycles. The van der Waals surface area contributed by atoms with Crippen LogP contribution in [0.3, 0.4) is 0 Å². The first-order valence-corrected chi connectivity index (χ1v) is 7.35. The summed E-state index contributed by atoms with van der Waals surface area (Å²) in [5, 5.41) is 2.98. The Balaban J connectivity index is 2.21. The van der Waals surface area contributed by atoms with Crippen molar-refractivity contribution in [3.8, 4) is 0 Å². The van der Waals surface area contributed by atoms with Gasteiger partial charge in [0.15, 0.2) is 0 Å². The van der Waals surface area contributed by atoms with Crippen LogP contribution >= 0.6 is 15.9 Å². The summed E-state index contributed by atoms with van der Waals surface area (Å²) < 4.78 is 41.7. The average molecular weight is 358 g/mol. The van der Waals surface area contributed by atoms with Crippen LogP contribution in [-0.4, -0.2) is 13.1 Å². The summed E-state index contributed by atoms with van der Waals surface area (Å²) in [6, 6.07) is 8.69. The molecule has 0 bridgehead atoms. The number of benzene rings is 2. The van der Waals surface area contributed by atoms with Crippen molar-refractivity contribution in [3.63, 3.8) is 0 Å². The van der Waals surface area contributed by atoms with Gasteiger partial charge in [0.25, 0.3) is 0 Å². The lowest BCUT2D eigenvalue weighted by atomic mass is 9.98. The van der Waals surface area contributed by atoms with Crippen LogP contribution in [0, 0.1) is 17.5 Å². The third kappa shape index (κ3) is 3.86. The zero-order valence-corrected chi connectivity index (χ0v) is 13.1. The minimum Gasteiger partial charge on any atom is -0.316 e. The molecule has 0 aliphatic heterocycles. The maximum atomic E-state index is 14.0. The number of nitrogens with one attached hydrogen (secondary N) is 1. The molecule has 0 aliphatic carbocycles. The van der Waals surface area contributed by atoms with Crippen molar-refractivity contribution in [1.29, 1.82) is 0 Å². The van der Waals surface area contributed by atoms with E-state index in [2.05, 4.69) is 21.2 Å². The molecule has 0 radical (unpaired) electrons. The number of rotatable bonds is 5. The maximum absolute atomic E-state index is 14.0. The molecule has 2 rings (SSSR count). The number of hydrogen-bond acceptors (Lipinski definition) is 1. The Morgan fingerprint density at radius 3 is 2.38 bits per heavy atom. The molecule has 0 fully saturated rings. The Bertz CT molecular complexity index is 631. The van der Waals surface area contributed by atoms with Crippen LogP contribution in [0.15, 0.2) is 40.9 Å². The normalized spacial score (nSPS) is 12.4. The molecule has 0 amide bonds. The molecule has 1 N–H and O–H groups in total. The van der Waals surface area contributed by atoms with Crippen molar-refractivity contribution in [2.75, 3.05) is 7.05 Å². The predicted molar refractivity (Wildman–Crippen MR) is 80.7 cm³/mol. The molecule has 0 spiro atoms. The van der Waals surface area contributed by atoms with E-state index in [0.717, 1.165) is 0 Å². The third-order valence-corrected chi connectivity index (χ3v) is 4.03. The van der Waals surface area contributed by atoms with Crippen molar-refractivity contribution in [2.45, 2.75) is 18.9 Å². The summed E-state index contributed by atoms with van der Waals surface area (Å²) in [7, 11) is 1.69. The van der Waals surface area contributed by atoms with Gasteiger partial charge in [-0.15, -0.1) is 0 Å². The lowest BCUT2D eigenvalue weighted by molar-refractivity contribution is 0.492. The molecule has 2 aromatic rings. The SMILES string of the molecule is CNC(Cc1ccccc1F)Cc1c(F)ccc(Br)c1F. The molecule has 5 heteroatoms. The maximum Gasteiger partial charge on any atom is 0.143 e. The Morgan fingerprint density at radius 1 is 1.00 bits per heavy atom. The van der Waals surface area contributed by atoms with E-state index in [1.165, 1.54) is 18.2 Å². The van der Waals surface area contributed by atoms with Gasteiger partial charge in [0, 0.05) is 11.6 Å². The largest absolute Gasteiger partial charge is 0.316 e. The summed E-state index contributed by atoms with van der Waals surface area (Å²) in [5.74, 6) is -1.51. The third-order valence-electron chi connectivity index (χ3n) is 3.42. The first-order valence-electron chi connectivity index (χ1n) is 6.56. The predicted octanol–water partition coefficient (Wildman–Crippen LogP) is 4.24. The van der Waals surface area contributed by atoms with Crippen molar-refractivity contribution in [1.82, 2.24) is 5.32 Å². The zero-order chi connectivity index (χ0) is 15.4. The van der Waals surface area contributed by atoms with Crippen LogP contribution in [0.5, 0.6) is 0 Å². The van der Waals surface area contributed by atoms with Gasteiger partial charge >= 0.3 is 0 Å². The fourth-order valence-electron chi connectivity index (χ4n) is 2.21. The minimum atomic E-state index is -0.608.